The van der Waals surface area contributed by atoms with Crippen LogP contribution in [0.1, 0.15) is 24.0 Å². The summed E-state index contributed by atoms with van der Waals surface area (Å²) < 4.78 is 30.3. The van der Waals surface area contributed by atoms with E-state index in [-0.39, 0.29) is 17.7 Å². The SMILES string of the molecule is O=C(NO)C1(C(c2ccc(OCc3cccc4ncccc34)cc2)=S(=O)=O)CCNCC1. The monoisotopic (exact) mass is 453 g/mol. The molecule has 0 aliphatic carbocycles. The van der Waals surface area contributed by atoms with Crippen LogP contribution >= 0.6 is 0 Å². The number of hydrogen-bond donors (Lipinski definition) is 3. The first kappa shape index (κ1) is 21.9. The lowest BCUT2D eigenvalue weighted by Crippen LogP contribution is -2.52. The van der Waals surface area contributed by atoms with Crippen LogP contribution in [0.3, 0.4) is 0 Å². The molecule has 0 bridgehead atoms. The van der Waals surface area contributed by atoms with Gasteiger partial charge in [0.2, 0.25) is 10.3 Å². The number of hydroxylamine groups is 1. The molecule has 9 heteroatoms. The maximum atomic E-state index is 12.5. The van der Waals surface area contributed by atoms with E-state index >= 15 is 0 Å². The van der Waals surface area contributed by atoms with Crippen molar-refractivity contribution in [3.05, 3.63) is 71.9 Å². The predicted molar refractivity (Wildman–Crippen MR) is 120 cm³/mol. The maximum absolute atomic E-state index is 12.5. The Kier molecular flexibility index (Phi) is 6.50. The first-order chi connectivity index (χ1) is 15.5. The molecule has 4 rings (SSSR count). The van der Waals surface area contributed by atoms with Crippen LogP contribution < -0.4 is 15.5 Å². The molecule has 1 aromatic heterocycles. The average molecular weight is 454 g/mol. The molecule has 1 saturated heterocycles. The summed E-state index contributed by atoms with van der Waals surface area (Å²) in [4.78, 5) is 16.8. The van der Waals surface area contributed by atoms with Gasteiger partial charge in [-0.2, -0.15) is 8.42 Å². The van der Waals surface area contributed by atoms with Gasteiger partial charge in [-0.1, -0.05) is 18.2 Å². The highest BCUT2D eigenvalue weighted by atomic mass is 32.2. The lowest BCUT2D eigenvalue weighted by molar-refractivity contribution is -0.137. The van der Waals surface area contributed by atoms with E-state index in [1.807, 2.05) is 30.3 Å². The van der Waals surface area contributed by atoms with Crippen molar-refractivity contribution in [2.24, 2.45) is 5.41 Å². The number of rotatable bonds is 6. The molecule has 0 atom stereocenters. The number of nitrogens with one attached hydrogen (secondary N) is 2. The molecule has 1 amide bonds. The van der Waals surface area contributed by atoms with E-state index < -0.39 is 21.6 Å². The predicted octanol–water partition coefficient (Wildman–Crippen LogP) is 2.09. The average Bonchev–Trinajstić information content (AvgIpc) is 2.83. The number of piperidine rings is 1. The minimum absolute atomic E-state index is 0.0303. The fourth-order valence-electron chi connectivity index (χ4n) is 4.21. The van der Waals surface area contributed by atoms with Gasteiger partial charge < -0.3 is 10.1 Å². The number of amides is 1. The molecule has 166 valence electrons. The minimum atomic E-state index is -2.65. The van der Waals surface area contributed by atoms with Crippen molar-refractivity contribution in [3.8, 4) is 5.75 Å². The highest BCUT2D eigenvalue weighted by Gasteiger charge is 2.45. The quantitative estimate of drug-likeness (QED) is 0.226. The molecule has 3 N–H and O–H groups in total. The van der Waals surface area contributed by atoms with Gasteiger partial charge in [0.1, 0.15) is 12.4 Å². The van der Waals surface area contributed by atoms with Gasteiger partial charge in [-0.3, -0.25) is 15.0 Å². The van der Waals surface area contributed by atoms with Crippen LogP contribution in [-0.2, 0) is 21.7 Å². The Morgan fingerprint density at radius 3 is 2.53 bits per heavy atom. The first-order valence-corrected chi connectivity index (χ1v) is 11.3. The van der Waals surface area contributed by atoms with Gasteiger partial charge in [-0.15, -0.1) is 0 Å². The van der Waals surface area contributed by atoms with Gasteiger partial charge in [-0.25, -0.2) is 5.48 Å². The number of fused-ring (bicyclic) bond motifs is 1. The topological polar surface area (TPSA) is 118 Å². The summed E-state index contributed by atoms with van der Waals surface area (Å²) in [5, 5.41) is 13.4. The van der Waals surface area contributed by atoms with E-state index in [1.165, 1.54) is 0 Å². The molecule has 0 spiro atoms. The summed E-state index contributed by atoms with van der Waals surface area (Å²) in [6.07, 6.45) is 2.26. The van der Waals surface area contributed by atoms with Crippen LogP contribution in [0.2, 0.25) is 0 Å². The van der Waals surface area contributed by atoms with E-state index in [4.69, 9.17) is 4.74 Å². The summed E-state index contributed by atoms with van der Waals surface area (Å²) in [5.41, 5.74) is 2.59. The van der Waals surface area contributed by atoms with Gasteiger partial charge in [0.25, 0.3) is 5.91 Å². The first-order valence-electron chi connectivity index (χ1n) is 10.2. The number of pyridine rings is 1. The molecule has 0 radical (unpaired) electrons. The third-order valence-electron chi connectivity index (χ3n) is 5.84. The zero-order chi connectivity index (χ0) is 22.6. The Morgan fingerprint density at radius 2 is 1.84 bits per heavy atom. The number of hydrogen-bond acceptors (Lipinski definition) is 7. The van der Waals surface area contributed by atoms with E-state index in [0.29, 0.717) is 31.0 Å². The Bertz CT molecular complexity index is 1250. The molecule has 2 aromatic carbocycles. The second kappa shape index (κ2) is 9.47. The van der Waals surface area contributed by atoms with Crippen molar-refractivity contribution in [3.63, 3.8) is 0 Å². The van der Waals surface area contributed by atoms with E-state index in [1.54, 1.807) is 35.9 Å². The van der Waals surface area contributed by atoms with Crippen LogP contribution in [0.25, 0.3) is 10.9 Å². The lowest BCUT2D eigenvalue weighted by atomic mass is 9.73. The summed E-state index contributed by atoms with van der Waals surface area (Å²) in [7, 11) is -2.65. The van der Waals surface area contributed by atoms with Crippen LogP contribution in [0, 0.1) is 5.41 Å². The van der Waals surface area contributed by atoms with Crippen molar-refractivity contribution in [2.45, 2.75) is 19.4 Å². The maximum Gasteiger partial charge on any atom is 0.255 e. The number of carbonyl (C=O) groups is 1. The number of ether oxygens (including phenoxy) is 1. The Balaban J connectivity index is 1.59. The molecular weight excluding hydrogens is 430 g/mol. The molecule has 1 aliphatic heterocycles. The molecule has 0 saturated carbocycles. The summed E-state index contributed by atoms with van der Waals surface area (Å²) in [6.45, 7) is 1.26. The summed E-state index contributed by atoms with van der Waals surface area (Å²) >= 11 is 0. The lowest BCUT2D eigenvalue weighted by Gasteiger charge is -2.35. The van der Waals surface area contributed by atoms with Crippen LogP contribution in [0.5, 0.6) is 5.75 Å². The van der Waals surface area contributed by atoms with Gasteiger partial charge >= 0.3 is 0 Å². The Morgan fingerprint density at radius 1 is 1.09 bits per heavy atom. The van der Waals surface area contributed by atoms with Crippen molar-refractivity contribution in [2.75, 3.05) is 13.1 Å². The van der Waals surface area contributed by atoms with E-state index in [2.05, 4.69) is 10.3 Å². The molecule has 2 heterocycles. The zero-order valence-corrected chi connectivity index (χ0v) is 18.1. The van der Waals surface area contributed by atoms with Crippen molar-refractivity contribution < 1.29 is 23.2 Å². The second-order valence-electron chi connectivity index (χ2n) is 7.64. The highest BCUT2D eigenvalue weighted by Crippen LogP contribution is 2.34. The van der Waals surface area contributed by atoms with E-state index in [9.17, 15) is 18.4 Å². The molecule has 3 aromatic rings. The van der Waals surface area contributed by atoms with Gasteiger partial charge in [0.05, 0.1) is 15.8 Å². The molecule has 32 heavy (non-hydrogen) atoms. The standard InChI is InChI=1S/C23H23N3O5S/c27-22(26-28)23(10-13-24-14-11-23)21(32(29)30)16-6-8-18(9-7-16)31-15-17-3-1-5-20-19(17)4-2-12-25-20/h1-9,12,24,28H,10-11,13-15H2,(H,26,27). The van der Waals surface area contributed by atoms with Gasteiger partial charge in [0.15, 0.2) is 0 Å². The summed E-state index contributed by atoms with van der Waals surface area (Å²) in [6, 6.07) is 16.3. The zero-order valence-electron chi connectivity index (χ0n) is 17.2. The molecule has 8 nitrogen and oxygen atoms in total. The number of nitrogens with zero attached hydrogens (tertiary/aromatic N) is 1. The third-order valence-corrected chi connectivity index (χ3v) is 6.80. The van der Waals surface area contributed by atoms with Crippen LogP contribution in [0.4, 0.5) is 0 Å². The fourth-order valence-corrected chi connectivity index (χ4v) is 5.15. The molecule has 1 fully saturated rings. The van der Waals surface area contributed by atoms with Crippen LogP contribution in [0.15, 0.2) is 60.8 Å². The number of carbonyl (C=O) groups excluding carboxylic acids is 1. The smallest absolute Gasteiger partial charge is 0.255 e. The van der Waals surface area contributed by atoms with Crippen molar-refractivity contribution in [1.82, 2.24) is 15.8 Å². The van der Waals surface area contributed by atoms with Gasteiger partial charge in [0, 0.05) is 11.6 Å². The van der Waals surface area contributed by atoms with E-state index in [0.717, 1.165) is 16.5 Å². The molecule has 0 unspecified atom stereocenters. The van der Waals surface area contributed by atoms with Gasteiger partial charge in [-0.05, 0) is 73.5 Å². The highest BCUT2D eigenvalue weighted by molar-refractivity contribution is 7.73. The van der Waals surface area contributed by atoms with Crippen molar-refractivity contribution >= 4 is 32.0 Å². The largest absolute Gasteiger partial charge is 0.489 e. The van der Waals surface area contributed by atoms with Crippen molar-refractivity contribution in [1.29, 1.82) is 0 Å². The third kappa shape index (κ3) is 4.22. The molecule has 1 aliphatic rings. The number of benzene rings is 2. The minimum Gasteiger partial charge on any atom is -0.489 e. The molecular formula is C23H23N3O5S. The fraction of sp³-hybridized carbons (Fsp3) is 0.261. The summed E-state index contributed by atoms with van der Waals surface area (Å²) in [5.74, 6) is -0.153. The number of aromatic nitrogens is 1. The Labute approximate surface area is 186 Å². The Hall–Kier alpha value is -3.27. The van der Waals surface area contributed by atoms with Crippen LogP contribution in [-0.4, -0.2) is 42.5 Å². The second-order valence-corrected chi connectivity index (χ2v) is 8.51. The normalized spacial score (nSPS) is 15.2.